The highest BCUT2D eigenvalue weighted by Gasteiger charge is 2.28. The standard InChI is InChI=1S/C21H30/c1-2-6-17-9-11-19(12-10-17)21-15-13-20(14-16-21)18-7-4-3-5-8-18/h3-5,7-8,13,17,19,21H,2,6,9-12,14-16H2,1H3/t17-,19-,21?. The van der Waals surface area contributed by atoms with Crippen molar-refractivity contribution in [2.24, 2.45) is 17.8 Å². The summed E-state index contributed by atoms with van der Waals surface area (Å²) in [5, 5.41) is 0. The molecule has 0 aromatic heterocycles. The van der Waals surface area contributed by atoms with Crippen LogP contribution >= 0.6 is 0 Å². The predicted octanol–water partition coefficient (Wildman–Crippen LogP) is 6.48. The largest absolute Gasteiger partial charge is 0.0804 e. The van der Waals surface area contributed by atoms with E-state index in [1.807, 2.05) is 0 Å². The van der Waals surface area contributed by atoms with Gasteiger partial charge in [-0.25, -0.2) is 0 Å². The van der Waals surface area contributed by atoms with Crippen LogP contribution in [0.3, 0.4) is 0 Å². The average Bonchev–Trinajstić information content (AvgIpc) is 2.57. The monoisotopic (exact) mass is 282 g/mol. The Morgan fingerprint density at radius 2 is 1.67 bits per heavy atom. The number of benzene rings is 1. The summed E-state index contributed by atoms with van der Waals surface area (Å²) in [7, 11) is 0. The van der Waals surface area contributed by atoms with E-state index in [1.54, 1.807) is 5.57 Å². The molecule has 114 valence electrons. The van der Waals surface area contributed by atoms with Gasteiger partial charge in [-0.1, -0.05) is 69.0 Å². The lowest BCUT2D eigenvalue weighted by Gasteiger charge is -2.35. The van der Waals surface area contributed by atoms with Gasteiger partial charge in [-0.3, -0.25) is 0 Å². The summed E-state index contributed by atoms with van der Waals surface area (Å²) in [5.74, 6) is 3.04. The summed E-state index contributed by atoms with van der Waals surface area (Å²) in [6.07, 6.45) is 15.4. The smallest absolute Gasteiger partial charge is 0.0228 e. The summed E-state index contributed by atoms with van der Waals surface area (Å²) in [6.45, 7) is 2.34. The number of hydrogen-bond acceptors (Lipinski definition) is 0. The first-order chi connectivity index (χ1) is 10.4. The molecule has 1 unspecified atom stereocenters. The molecule has 0 spiro atoms. The molecule has 0 heterocycles. The molecule has 2 aliphatic carbocycles. The minimum atomic E-state index is 0.972. The molecule has 0 aliphatic heterocycles. The van der Waals surface area contributed by atoms with Crippen molar-refractivity contribution in [1.82, 2.24) is 0 Å². The van der Waals surface area contributed by atoms with E-state index in [1.165, 1.54) is 63.4 Å². The van der Waals surface area contributed by atoms with Gasteiger partial charge in [-0.05, 0) is 61.0 Å². The van der Waals surface area contributed by atoms with Crippen molar-refractivity contribution >= 4 is 5.57 Å². The van der Waals surface area contributed by atoms with Crippen LogP contribution in [0.2, 0.25) is 0 Å². The summed E-state index contributed by atoms with van der Waals surface area (Å²) in [5.41, 5.74) is 3.04. The van der Waals surface area contributed by atoms with Gasteiger partial charge in [-0.15, -0.1) is 0 Å². The van der Waals surface area contributed by atoms with E-state index in [0.29, 0.717) is 0 Å². The first-order valence-corrected chi connectivity index (χ1v) is 9.11. The van der Waals surface area contributed by atoms with Crippen LogP contribution in [-0.2, 0) is 0 Å². The van der Waals surface area contributed by atoms with Gasteiger partial charge < -0.3 is 0 Å². The van der Waals surface area contributed by atoms with Gasteiger partial charge in [-0.2, -0.15) is 0 Å². The van der Waals surface area contributed by atoms with Gasteiger partial charge in [0.15, 0.2) is 0 Å². The van der Waals surface area contributed by atoms with Crippen molar-refractivity contribution in [3.05, 3.63) is 42.0 Å². The van der Waals surface area contributed by atoms with E-state index in [2.05, 4.69) is 43.3 Å². The molecule has 0 N–H and O–H groups in total. The Kier molecular flexibility index (Phi) is 5.17. The molecule has 0 heteroatoms. The molecule has 0 radical (unpaired) electrons. The summed E-state index contributed by atoms with van der Waals surface area (Å²) in [6, 6.07) is 11.0. The topological polar surface area (TPSA) is 0 Å². The number of hydrogen-bond donors (Lipinski definition) is 0. The molecular formula is C21H30. The fraction of sp³-hybridized carbons (Fsp3) is 0.619. The van der Waals surface area contributed by atoms with Gasteiger partial charge in [0.1, 0.15) is 0 Å². The average molecular weight is 282 g/mol. The lowest BCUT2D eigenvalue weighted by atomic mass is 9.70. The predicted molar refractivity (Wildman–Crippen MR) is 92.1 cm³/mol. The maximum Gasteiger partial charge on any atom is -0.0228 e. The second-order valence-electron chi connectivity index (χ2n) is 7.20. The normalized spacial score (nSPS) is 30.0. The fourth-order valence-electron chi connectivity index (χ4n) is 4.55. The Morgan fingerprint density at radius 3 is 2.29 bits per heavy atom. The first kappa shape index (κ1) is 14.9. The Morgan fingerprint density at radius 1 is 0.905 bits per heavy atom. The van der Waals surface area contributed by atoms with Crippen LogP contribution < -0.4 is 0 Å². The van der Waals surface area contributed by atoms with Crippen LogP contribution in [-0.4, -0.2) is 0 Å². The van der Waals surface area contributed by atoms with E-state index in [4.69, 9.17) is 0 Å². The van der Waals surface area contributed by atoms with E-state index >= 15 is 0 Å². The van der Waals surface area contributed by atoms with Crippen molar-refractivity contribution in [1.29, 1.82) is 0 Å². The molecule has 0 amide bonds. The van der Waals surface area contributed by atoms with E-state index in [-0.39, 0.29) is 0 Å². The molecule has 1 aromatic carbocycles. The third-order valence-corrected chi connectivity index (χ3v) is 5.85. The summed E-state index contributed by atoms with van der Waals surface area (Å²) in [4.78, 5) is 0. The van der Waals surface area contributed by atoms with Crippen LogP contribution in [0.4, 0.5) is 0 Å². The minimum absolute atomic E-state index is 0.972. The highest BCUT2D eigenvalue weighted by molar-refractivity contribution is 5.66. The second kappa shape index (κ2) is 7.29. The quantitative estimate of drug-likeness (QED) is 0.593. The molecule has 3 rings (SSSR count). The highest BCUT2D eigenvalue weighted by Crippen LogP contribution is 2.41. The molecule has 1 fully saturated rings. The fourth-order valence-corrected chi connectivity index (χ4v) is 4.55. The van der Waals surface area contributed by atoms with Crippen molar-refractivity contribution in [2.45, 2.75) is 64.7 Å². The first-order valence-electron chi connectivity index (χ1n) is 9.11. The third kappa shape index (κ3) is 3.78. The molecule has 0 bridgehead atoms. The number of allylic oxidation sites excluding steroid dienone is 2. The van der Waals surface area contributed by atoms with Gasteiger partial charge >= 0.3 is 0 Å². The Labute approximate surface area is 130 Å². The zero-order valence-corrected chi connectivity index (χ0v) is 13.6. The maximum absolute atomic E-state index is 2.54. The van der Waals surface area contributed by atoms with E-state index in [0.717, 1.165) is 17.8 Å². The van der Waals surface area contributed by atoms with Crippen molar-refractivity contribution in [2.75, 3.05) is 0 Å². The van der Waals surface area contributed by atoms with Crippen molar-refractivity contribution in [3.8, 4) is 0 Å². The molecule has 0 nitrogen and oxygen atoms in total. The highest BCUT2D eigenvalue weighted by atomic mass is 14.3. The van der Waals surface area contributed by atoms with Gasteiger partial charge in [0, 0.05) is 0 Å². The SMILES string of the molecule is CCC[C@H]1CC[C@H](C2CC=C(c3ccccc3)CC2)CC1. The lowest BCUT2D eigenvalue weighted by molar-refractivity contribution is 0.189. The molecule has 21 heavy (non-hydrogen) atoms. The summed E-state index contributed by atoms with van der Waals surface area (Å²) < 4.78 is 0. The molecule has 0 saturated heterocycles. The second-order valence-corrected chi connectivity index (χ2v) is 7.20. The zero-order valence-electron chi connectivity index (χ0n) is 13.6. The minimum Gasteiger partial charge on any atom is -0.0804 e. The zero-order chi connectivity index (χ0) is 14.5. The van der Waals surface area contributed by atoms with Crippen LogP contribution in [0, 0.1) is 17.8 Å². The Balaban J connectivity index is 1.53. The van der Waals surface area contributed by atoms with Crippen molar-refractivity contribution < 1.29 is 0 Å². The molecule has 1 aromatic rings. The Bertz CT molecular complexity index is 448. The van der Waals surface area contributed by atoms with Crippen LogP contribution in [0.25, 0.3) is 5.57 Å². The van der Waals surface area contributed by atoms with Crippen LogP contribution in [0.15, 0.2) is 36.4 Å². The van der Waals surface area contributed by atoms with E-state index < -0.39 is 0 Å². The molecule has 1 saturated carbocycles. The van der Waals surface area contributed by atoms with Crippen LogP contribution in [0.1, 0.15) is 70.3 Å². The third-order valence-electron chi connectivity index (χ3n) is 5.85. The van der Waals surface area contributed by atoms with Crippen LogP contribution in [0.5, 0.6) is 0 Å². The Hall–Kier alpha value is -1.04. The van der Waals surface area contributed by atoms with Gasteiger partial charge in [0.05, 0.1) is 0 Å². The maximum atomic E-state index is 2.54. The lowest BCUT2D eigenvalue weighted by Crippen LogP contribution is -2.23. The van der Waals surface area contributed by atoms with Crippen molar-refractivity contribution in [3.63, 3.8) is 0 Å². The number of rotatable bonds is 4. The van der Waals surface area contributed by atoms with Gasteiger partial charge in [0.25, 0.3) is 0 Å². The van der Waals surface area contributed by atoms with E-state index in [9.17, 15) is 0 Å². The van der Waals surface area contributed by atoms with Gasteiger partial charge in [0.2, 0.25) is 0 Å². The summed E-state index contributed by atoms with van der Waals surface area (Å²) >= 11 is 0. The molecule has 2 aliphatic rings. The molecule has 1 atom stereocenters. The molecular weight excluding hydrogens is 252 g/mol.